The van der Waals surface area contributed by atoms with E-state index in [-0.39, 0.29) is 11.9 Å². The summed E-state index contributed by atoms with van der Waals surface area (Å²) in [6.07, 6.45) is 2.34. The van der Waals surface area contributed by atoms with Crippen LogP contribution in [0.1, 0.15) is 40.2 Å². The molecular weight excluding hydrogens is 380 g/mol. The molecule has 2 aromatic carbocycles. The smallest absolute Gasteiger partial charge is 0.306 e. The van der Waals surface area contributed by atoms with Gasteiger partial charge in [-0.25, -0.2) is 0 Å². The van der Waals surface area contributed by atoms with Crippen LogP contribution in [0.3, 0.4) is 0 Å². The quantitative estimate of drug-likeness (QED) is 0.667. The van der Waals surface area contributed by atoms with Crippen molar-refractivity contribution in [1.82, 2.24) is 0 Å². The van der Waals surface area contributed by atoms with Gasteiger partial charge in [0.25, 0.3) is 0 Å². The second-order valence-electron chi connectivity index (χ2n) is 6.64. The summed E-state index contributed by atoms with van der Waals surface area (Å²) in [5.74, 6) is 0.825. The molecule has 0 unspecified atom stereocenters. The summed E-state index contributed by atoms with van der Waals surface area (Å²) in [7, 11) is 1.42. The number of hydrogen-bond donors (Lipinski definition) is 0. The molecule has 132 valence electrons. The van der Waals surface area contributed by atoms with Crippen LogP contribution in [-0.2, 0) is 22.4 Å². The average Bonchev–Trinajstić information content (AvgIpc) is 3.01. The van der Waals surface area contributed by atoms with Gasteiger partial charge >= 0.3 is 5.97 Å². The lowest BCUT2D eigenvalue weighted by Crippen LogP contribution is -2.09. The number of benzene rings is 2. The van der Waals surface area contributed by atoms with Crippen LogP contribution in [0.25, 0.3) is 0 Å². The Balaban J connectivity index is 1.70. The number of hydrogen-bond acceptors (Lipinski definition) is 3. The predicted octanol–water partition coefficient (Wildman–Crippen LogP) is 4.89. The molecule has 25 heavy (non-hydrogen) atoms. The average molecular weight is 403 g/mol. The Morgan fingerprint density at radius 2 is 2.04 bits per heavy atom. The van der Waals surface area contributed by atoms with Gasteiger partial charge in [0.2, 0.25) is 0 Å². The number of carbonyl (C=O) groups is 1. The molecule has 1 atom stereocenters. The molecule has 0 radical (unpaired) electrons. The fourth-order valence-corrected chi connectivity index (χ4v) is 3.73. The highest BCUT2D eigenvalue weighted by molar-refractivity contribution is 9.10. The van der Waals surface area contributed by atoms with E-state index in [1.165, 1.54) is 33.8 Å². The number of methoxy groups -OCH3 is 1. The Labute approximate surface area is 157 Å². The topological polar surface area (TPSA) is 35.5 Å². The van der Waals surface area contributed by atoms with Gasteiger partial charge in [-0.1, -0.05) is 40.2 Å². The maximum absolute atomic E-state index is 11.5. The molecule has 1 aliphatic heterocycles. The fraction of sp³-hybridized carbons (Fsp3) is 0.381. The first-order chi connectivity index (χ1) is 12.0. The van der Waals surface area contributed by atoms with Gasteiger partial charge in [0.05, 0.1) is 20.1 Å². The highest BCUT2D eigenvalue weighted by atomic mass is 79.9. The lowest BCUT2D eigenvalue weighted by atomic mass is 9.94. The molecule has 0 aliphatic carbocycles. The number of esters is 1. The lowest BCUT2D eigenvalue weighted by molar-refractivity contribution is -0.141. The van der Waals surface area contributed by atoms with Crippen LogP contribution in [0.4, 0.5) is 0 Å². The standard InChI is InChI=1S/C21H23BrO3/c1-13-4-7-16(14(2)21(13)22)8-5-15-6-9-18-17(11-20(23)24-3)12-25-19(18)10-15/h4,6-7,9-10,17H,5,8,11-12H2,1-3H3/t17-/m1/s1. The van der Waals surface area contributed by atoms with E-state index in [4.69, 9.17) is 9.47 Å². The van der Waals surface area contributed by atoms with E-state index in [9.17, 15) is 4.79 Å². The van der Waals surface area contributed by atoms with Crippen molar-refractivity contribution in [2.24, 2.45) is 0 Å². The molecule has 0 amide bonds. The normalized spacial score (nSPS) is 15.6. The second kappa shape index (κ2) is 7.61. The first-order valence-electron chi connectivity index (χ1n) is 8.56. The summed E-state index contributed by atoms with van der Waals surface area (Å²) in [4.78, 5) is 11.5. The van der Waals surface area contributed by atoms with Crippen LogP contribution < -0.4 is 4.74 Å². The summed E-state index contributed by atoms with van der Waals surface area (Å²) in [6.45, 7) is 4.83. The van der Waals surface area contributed by atoms with Gasteiger partial charge in [-0.15, -0.1) is 0 Å². The van der Waals surface area contributed by atoms with Crippen LogP contribution in [0.15, 0.2) is 34.8 Å². The number of carbonyl (C=O) groups excluding carboxylic acids is 1. The molecule has 0 saturated carbocycles. The van der Waals surface area contributed by atoms with Crippen molar-refractivity contribution < 1.29 is 14.3 Å². The van der Waals surface area contributed by atoms with Crippen LogP contribution in [0.2, 0.25) is 0 Å². The second-order valence-corrected chi connectivity index (χ2v) is 7.43. The van der Waals surface area contributed by atoms with E-state index in [1.54, 1.807) is 0 Å². The minimum Gasteiger partial charge on any atom is -0.493 e. The van der Waals surface area contributed by atoms with Gasteiger partial charge in [0.15, 0.2) is 0 Å². The summed E-state index contributed by atoms with van der Waals surface area (Å²) in [6, 6.07) is 10.7. The van der Waals surface area contributed by atoms with E-state index >= 15 is 0 Å². The van der Waals surface area contributed by atoms with Crippen LogP contribution in [0, 0.1) is 13.8 Å². The maximum atomic E-state index is 11.5. The summed E-state index contributed by atoms with van der Waals surface area (Å²) in [5, 5.41) is 0. The molecule has 0 spiro atoms. The molecular formula is C21H23BrO3. The van der Waals surface area contributed by atoms with E-state index in [2.05, 4.69) is 60.1 Å². The van der Waals surface area contributed by atoms with Gasteiger partial charge in [0, 0.05) is 16.0 Å². The number of rotatable bonds is 5. The number of halogens is 1. The molecule has 3 rings (SSSR count). The Bertz CT molecular complexity index is 798. The predicted molar refractivity (Wildman–Crippen MR) is 102 cm³/mol. The maximum Gasteiger partial charge on any atom is 0.306 e. The molecule has 1 heterocycles. The minimum atomic E-state index is -0.189. The third kappa shape index (κ3) is 3.90. The number of ether oxygens (including phenoxy) is 2. The molecule has 1 aliphatic rings. The Kier molecular flexibility index (Phi) is 5.48. The first kappa shape index (κ1) is 18.0. The highest BCUT2D eigenvalue weighted by Gasteiger charge is 2.26. The van der Waals surface area contributed by atoms with Gasteiger partial charge in [-0.05, 0) is 55.0 Å². The zero-order chi connectivity index (χ0) is 18.0. The van der Waals surface area contributed by atoms with Crippen LogP contribution in [-0.4, -0.2) is 19.7 Å². The zero-order valence-electron chi connectivity index (χ0n) is 14.9. The highest BCUT2D eigenvalue weighted by Crippen LogP contribution is 2.37. The summed E-state index contributed by atoms with van der Waals surface area (Å²) >= 11 is 3.67. The monoisotopic (exact) mass is 402 g/mol. The van der Waals surface area contributed by atoms with Gasteiger partial charge < -0.3 is 9.47 Å². The SMILES string of the molecule is COC(=O)C[C@@H]1COc2cc(CCc3ccc(C)c(Br)c3C)ccc21. The van der Waals surface area contributed by atoms with E-state index in [1.807, 2.05) is 0 Å². The van der Waals surface area contributed by atoms with Crippen LogP contribution in [0.5, 0.6) is 5.75 Å². The number of aryl methyl sites for hydroxylation is 3. The fourth-order valence-electron chi connectivity index (χ4n) is 3.34. The molecule has 2 aromatic rings. The zero-order valence-corrected chi connectivity index (χ0v) is 16.5. The third-order valence-corrected chi connectivity index (χ3v) is 6.19. The Hall–Kier alpha value is -1.81. The minimum absolute atomic E-state index is 0.104. The lowest BCUT2D eigenvalue weighted by Gasteiger charge is -2.11. The largest absolute Gasteiger partial charge is 0.493 e. The molecule has 0 saturated heterocycles. The Morgan fingerprint density at radius 1 is 1.24 bits per heavy atom. The van der Waals surface area contributed by atoms with Crippen molar-refractivity contribution in [2.75, 3.05) is 13.7 Å². The van der Waals surface area contributed by atoms with Crippen molar-refractivity contribution >= 4 is 21.9 Å². The van der Waals surface area contributed by atoms with E-state index in [0.29, 0.717) is 13.0 Å². The van der Waals surface area contributed by atoms with Crippen molar-refractivity contribution in [1.29, 1.82) is 0 Å². The van der Waals surface area contributed by atoms with E-state index < -0.39 is 0 Å². The van der Waals surface area contributed by atoms with Gasteiger partial charge in [-0.2, -0.15) is 0 Å². The molecule has 3 nitrogen and oxygen atoms in total. The van der Waals surface area contributed by atoms with Crippen molar-refractivity contribution in [3.8, 4) is 5.75 Å². The van der Waals surface area contributed by atoms with Crippen molar-refractivity contribution in [3.05, 3.63) is 62.6 Å². The van der Waals surface area contributed by atoms with Crippen molar-refractivity contribution in [2.45, 2.75) is 39.0 Å². The first-order valence-corrected chi connectivity index (χ1v) is 9.36. The summed E-state index contributed by atoms with van der Waals surface area (Å²) < 4.78 is 11.8. The molecule has 0 N–H and O–H groups in total. The molecule has 0 bridgehead atoms. The Morgan fingerprint density at radius 3 is 2.80 bits per heavy atom. The molecule has 4 heteroatoms. The van der Waals surface area contributed by atoms with Gasteiger partial charge in [0.1, 0.15) is 5.75 Å². The van der Waals surface area contributed by atoms with Crippen LogP contribution >= 0.6 is 15.9 Å². The van der Waals surface area contributed by atoms with Crippen molar-refractivity contribution in [3.63, 3.8) is 0 Å². The summed E-state index contributed by atoms with van der Waals surface area (Å²) in [5.41, 5.74) is 6.32. The van der Waals surface area contributed by atoms with Gasteiger partial charge in [-0.3, -0.25) is 4.79 Å². The number of fused-ring (bicyclic) bond motifs is 1. The molecule has 0 aromatic heterocycles. The third-order valence-electron chi connectivity index (χ3n) is 4.97. The van der Waals surface area contributed by atoms with E-state index in [0.717, 1.165) is 24.2 Å². The molecule has 0 fully saturated rings.